The van der Waals surface area contributed by atoms with E-state index >= 15 is 0 Å². The molecule has 1 aliphatic heterocycles. The van der Waals surface area contributed by atoms with Crippen LogP contribution in [-0.4, -0.2) is 36.6 Å². The fourth-order valence-corrected chi connectivity index (χ4v) is 2.85. The maximum absolute atomic E-state index is 11.8. The highest BCUT2D eigenvalue weighted by atomic mass is 16.5. The predicted octanol–water partition coefficient (Wildman–Crippen LogP) is 1.88. The van der Waals surface area contributed by atoms with Gasteiger partial charge in [0.25, 0.3) is 0 Å². The summed E-state index contributed by atoms with van der Waals surface area (Å²) in [6, 6.07) is 9.91. The van der Waals surface area contributed by atoms with Gasteiger partial charge >= 0.3 is 11.8 Å². The van der Waals surface area contributed by atoms with Gasteiger partial charge in [-0.15, -0.1) is 0 Å². The van der Waals surface area contributed by atoms with Crippen LogP contribution in [0.5, 0.6) is 0 Å². The lowest BCUT2D eigenvalue weighted by atomic mass is 10.1. The molecule has 2 heterocycles. The molecule has 1 saturated heterocycles. The molecule has 2 N–H and O–H groups in total. The zero-order valence-corrected chi connectivity index (χ0v) is 14.2. The Morgan fingerprint density at radius 1 is 1.16 bits per heavy atom. The molecule has 0 saturated carbocycles. The Morgan fingerprint density at radius 2 is 1.88 bits per heavy atom. The molecular weight excluding hydrogens is 320 g/mol. The minimum atomic E-state index is -0.752. The van der Waals surface area contributed by atoms with E-state index in [-0.39, 0.29) is 5.82 Å². The molecule has 7 nitrogen and oxygen atoms in total. The van der Waals surface area contributed by atoms with E-state index in [1.807, 2.05) is 0 Å². The van der Waals surface area contributed by atoms with Gasteiger partial charge < -0.3 is 14.7 Å². The van der Waals surface area contributed by atoms with Gasteiger partial charge in [-0.2, -0.15) is 0 Å². The molecule has 0 spiro atoms. The lowest BCUT2D eigenvalue weighted by molar-refractivity contribution is -0.136. The molecule has 7 heteroatoms. The Kier molecular flexibility index (Phi) is 5.33. The second-order valence-electron chi connectivity index (χ2n) is 6.14. The minimum Gasteiger partial charge on any atom is -0.372 e. The van der Waals surface area contributed by atoms with E-state index in [0.29, 0.717) is 18.7 Å². The molecule has 1 aromatic carbocycles. The molecule has 1 fully saturated rings. The normalized spacial score (nSPS) is 13.7. The van der Waals surface area contributed by atoms with Crippen LogP contribution in [0.4, 0.5) is 11.5 Å². The van der Waals surface area contributed by atoms with Crippen LogP contribution in [-0.2, 0) is 16.0 Å². The molecule has 2 amide bonds. The molecule has 0 atom stereocenters. The van der Waals surface area contributed by atoms with Crippen molar-refractivity contribution in [3.8, 4) is 0 Å². The number of benzene rings is 1. The van der Waals surface area contributed by atoms with Crippen LogP contribution in [0, 0.1) is 6.92 Å². The maximum Gasteiger partial charge on any atom is 0.314 e. The fourth-order valence-electron chi connectivity index (χ4n) is 2.85. The molecule has 0 aliphatic carbocycles. The number of amides is 2. The third-order valence-corrected chi connectivity index (χ3v) is 4.18. The van der Waals surface area contributed by atoms with E-state index in [1.165, 1.54) is 18.5 Å². The summed E-state index contributed by atoms with van der Waals surface area (Å²) in [6.45, 7) is 4.34. The average Bonchev–Trinajstić information content (AvgIpc) is 3.27. The molecule has 0 bridgehead atoms. The van der Waals surface area contributed by atoms with Crippen molar-refractivity contribution in [1.82, 2.24) is 10.5 Å². The lowest BCUT2D eigenvalue weighted by Crippen LogP contribution is -2.36. The molecule has 2 aromatic rings. The number of aromatic nitrogens is 1. The highest BCUT2D eigenvalue weighted by Crippen LogP contribution is 2.20. The Hall–Kier alpha value is -2.83. The summed E-state index contributed by atoms with van der Waals surface area (Å²) >= 11 is 0. The largest absolute Gasteiger partial charge is 0.372 e. The minimum absolute atomic E-state index is 0.232. The van der Waals surface area contributed by atoms with Gasteiger partial charge in [-0.05, 0) is 43.9 Å². The van der Waals surface area contributed by atoms with Gasteiger partial charge in [0.2, 0.25) is 0 Å². The number of rotatable bonds is 5. The summed E-state index contributed by atoms with van der Waals surface area (Å²) in [5.41, 5.74) is 2.36. The smallest absolute Gasteiger partial charge is 0.314 e. The van der Waals surface area contributed by atoms with Gasteiger partial charge in [-0.25, -0.2) is 0 Å². The standard InChI is InChI=1S/C18H22N4O3/c1-13-12-16(21-25-13)20-18(24)17(23)19-9-8-14-4-6-15(7-5-14)22-10-2-3-11-22/h4-7,12H,2-3,8-11H2,1H3,(H,19,23)(H,20,21,24). The fraction of sp³-hybridized carbons (Fsp3) is 0.389. The Labute approximate surface area is 146 Å². The number of aryl methyl sites for hydroxylation is 1. The number of carbonyl (C=O) groups excluding carboxylic acids is 2. The van der Waals surface area contributed by atoms with Crippen LogP contribution in [0.2, 0.25) is 0 Å². The Balaban J connectivity index is 1.42. The topological polar surface area (TPSA) is 87.5 Å². The van der Waals surface area contributed by atoms with Crippen molar-refractivity contribution in [2.75, 3.05) is 29.9 Å². The first-order valence-corrected chi connectivity index (χ1v) is 8.48. The summed E-state index contributed by atoms with van der Waals surface area (Å²) in [5.74, 6) is -0.643. The number of anilines is 2. The highest BCUT2D eigenvalue weighted by Gasteiger charge is 2.15. The van der Waals surface area contributed by atoms with Crippen molar-refractivity contribution in [3.05, 3.63) is 41.7 Å². The van der Waals surface area contributed by atoms with Crippen molar-refractivity contribution < 1.29 is 14.1 Å². The zero-order chi connectivity index (χ0) is 17.6. The molecule has 0 radical (unpaired) electrons. The summed E-state index contributed by atoms with van der Waals surface area (Å²) < 4.78 is 4.83. The van der Waals surface area contributed by atoms with Crippen LogP contribution in [0.25, 0.3) is 0 Å². The predicted molar refractivity (Wildman–Crippen MR) is 94.5 cm³/mol. The summed E-state index contributed by atoms with van der Waals surface area (Å²) in [4.78, 5) is 25.9. The van der Waals surface area contributed by atoms with Crippen LogP contribution in [0.15, 0.2) is 34.9 Å². The first-order chi connectivity index (χ1) is 12.1. The van der Waals surface area contributed by atoms with Gasteiger partial charge in [-0.3, -0.25) is 14.9 Å². The number of nitrogens with zero attached hydrogens (tertiary/aromatic N) is 2. The number of hydrogen-bond donors (Lipinski definition) is 2. The van der Waals surface area contributed by atoms with Crippen molar-refractivity contribution >= 4 is 23.3 Å². The monoisotopic (exact) mass is 342 g/mol. The van der Waals surface area contributed by atoms with E-state index in [1.54, 1.807) is 13.0 Å². The van der Waals surface area contributed by atoms with E-state index < -0.39 is 11.8 Å². The summed E-state index contributed by atoms with van der Waals surface area (Å²) in [7, 11) is 0. The quantitative estimate of drug-likeness (QED) is 0.810. The van der Waals surface area contributed by atoms with Gasteiger partial charge in [-0.1, -0.05) is 17.3 Å². The van der Waals surface area contributed by atoms with Crippen LogP contribution >= 0.6 is 0 Å². The molecule has 1 aromatic heterocycles. The molecule has 25 heavy (non-hydrogen) atoms. The molecule has 1 aliphatic rings. The van der Waals surface area contributed by atoms with E-state index in [0.717, 1.165) is 18.7 Å². The van der Waals surface area contributed by atoms with Gasteiger partial charge in [0.05, 0.1) is 0 Å². The van der Waals surface area contributed by atoms with Crippen molar-refractivity contribution in [2.24, 2.45) is 0 Å². The first kappa shape index (κ1) is 17.0. The Morgan fingerprint density at radius 3 is 2.52 bits per heavy atom. The summed E-state index contributed by atoms with van der Waals surface area (Å²) in [6.07, 6.45) is 3.18. The Bertz CT molecular complexity index is 733. The van der Waals surface area contributed by atoms with Crippen molar-refractivity contribution in [2.45, 2.75) is 26.2 Å². The average molecular weight is 342 g/mol. The zero-order valence-electron chi connectivity index (χ0n) is 14.2. The van der Waals surface area contributed by atoms with E-state index in [4.69, 9.17) is 4.52 Å². The summed E-state index contributed by atoms with van der Waals surface area (Å²) in [5, 5.41) is 8.61. The maximum atomic E-state index is 11.8. The van der Waals surface area contributed by atoms with Crippen LogP contribution in [0.1, 0.15) is 24.2 Å². The molecule has 132 valence electrons. The van der Waals surface area contributed by atoms with Gasteiger partial charge in [0, 0.05) is 31.4 Å². The second kappa shape index (κ2) is 7.83. The second-order valence-corrected chi connectivity index (χ2v) is 6.14. The van der Waals surface area contributed by atoms with Crippen molar-refractivity contribution in [3.63, 3.8) is 0 Å². The van der Waals surface area contributed by atoms with Crippen LogP contribution in [0.3, 0.4) is 0 Å². The number of carbonyl (C=O) groups is 2. The van der Waals surface area contributed by atoms with E-state index in [9.17, 15) is 9.59 Å². The van der Waals surface area contributed by atoms with Crippen molar-refractivity contribution in [1.29, 1.82) is 0 Å². The van der Waals surface area contributed by atoms with Gasteiger partial charge in [0.15, 0.2) is 5.82 Å². The third-order valence-electron chi connectivity index (χ3n) is 4.18. The number of nitrogens with one attached hydrogen (secondary N) is 2. The van der Waals surface area contributed by atoms with Gasteiger partial charge in [0.1, 0.15) is 5.76 Å². The molecule has 3 rings (SSSR count). The van der Waals surface area contributed by atoms with E-state index in [2.05, 4.69) is 45.0 Å². The highest BCUT2D eigenvalue weighted by molar-refractivity contribution is 6.39. The SMILES string of the molecule is Cc1cc(NC(=O)C(=O)NCCc2ccc(N3CCCC3)cc2)no1. The lowest BCUT2D eigenvalue weighted by Gasteiger charge is -2.17. The molecular formula is C18H22N4O3. The molecule has 0 unspecified atom stereocenters. The third kappa shape index (κ3) is 4.59. The number of hydrogen-bond acceptors (Lipinski definition) is 5. The first-order valence-electron chi connectivity index (χ1n) is 8.48. The van der Waals surface area contributed by atoms with Crippen LogP contribution < -0.4 is 15.5 Å².